The quantitative estimate of drug-likeness (QED) is 0.577. The average molecular weight is 396 g/mol. The Morgan fingerprint density at radius 1 is 1.07 bits per heavy atom. The zero-order valence-corrected chi connectivity index (χ0v) is 18.0. The summed E-state index contributed by atoms with van der Waals surface area (Å²) in [6.45, 7) is 12.8. The standard InChI is InChI=1S/C23H28N2O4/c1-7-8-17-13-15(2)18(16(3)14-17)19-20(26)24-9-11-28-12-10-25(24)21(19)29-22(27)23(4,5)6/h13-14H,9-12H2,1-6H3. The molecule has 1 aromatic heterocycles. The molecule has 0 saturated carbocycles. The fourth-order valence-corrected chi connectivity index (χ4v) is 3.55. The van der Waals surface area contributed by atoms with Gasteiger partial charge in [0.1, 0.15) is 5.56 Å². The first-order chi connectivity index (χ1) is 13.6. The molecule has 0 fully saturated rings. The maximum atomic E-state index is 13.4. The lowest BCUT2D eigenvalue weighted by molar-refractivity contribution is -0.143. The highest BCUT2D eigenvalue weighted by atomic mass is 16.5. The van der Waals surface area contributed by atoms with Crippen molar-refractivity contribution in [1.82, 2.24) is 9.36 Å². The van der Waals surface area contributed by atoms with E-state index in [-0.39, 0.29) is 11.5 Å². The van der Waals surface area contributed by atoms with E-state index in [0.717, 1.165) is 22.3 Å². The van der Waals surface area contributed by atoms with Gasteiger partial charge in [-0.15, -0.1) is 5.92 Å². The number of benzene rings is 1. The summed E-state index contributed by atoms with van der Waals surface area (Å²) in [5, 5.41) is 0. The minimum absolute atomic E-state index is 0.173. The van der Waals surface area contributed by atoms with E-state index in [1.807, 2.05) is 26.0 Å². The van der Waals surface area contributed by atoms with E-state index >= 15 is 0 Å². The van der Waals surface area contributed by atoms with Gasteiger partial charge < -0.3 is 9.47 Å². The molecule has 154 valence electrons. The zero-order chi connectivity index (χ0) is 21.3. The number of fused-ring (bicyclic) bond motifs is 1. The van der Waals surface area contributed by atoms with Crippen molar-refractivity contribution in [3.8, 4) is 28.8 Å². The third-order valence-corrected chi connectivity index (χ3v) is 4.94. The molecule has 2 heterocycles. The minimum Gasteiger partial charge on any atom is -0.407 e. The van der Waals surface area contributed by atoms with Crippen LogP contribution in [0.4, 0.5) is 0 Å². The average Bonchev–Trinajstić information content (AvgIpc) is 2.79. The van der Waals surface area contributed by atoms with Gasteiger partial charge in [0.05, 0.1) is 31.7 Å². The molecule has 3 rings (SSSR count). The van der Waals surface area contributed by atoms with Crippen molar-refractivity contribution in [3.63, 3.8) is 0 Å². The van der Waals surface area contributed by atoms with Gasteiger partial charge in [-0.3, -0.25) is 9.59 Å². The van der Waals surface area contributed by atoms with Gasteiger partial charge in [0.2, 0.25) is 5.88 Å². The maximum absolute atomic E-state index is 13.4. The third-order valence-electron chi connectivity index (χ3n) is 4.94. The molecule has 6 heteroatoms. The second-order valence-electron chi connectivity index (χ2n) is 8.34. The molecule has 6 nitrogen and oxygen atoms in total. The Morgan fingerprint density at radius 3 is 2.21 bits per heavy atom. The van der Waals surface area contributed by atoms with Crippen molar-refractivity contribution in [2.24, 2.45) is 5.41 Å². The smallest absolute Gasteiger partial charge is 0.317 e. The first kappa shape index (κ1) is 20.9. The van der Waals surface area contributed by atoms with Crippen molar-refractivity contribution < 1.29 is 14.3 Å². The number of carbonyl (C=O) groups excluding carboxylic acids is 1. The molecule has 0 N–H and O–H groups in total. The van der Waals surface area contributed by atoms with Crippen LogP contribution in [0.5, 0.6) is 5.88 Å². The van der Waals surface area contributed by atoms with Gasteiger partial charge >= 0.3 is 5.97 Å². The maximum Gasteiger partial charge on any atom is 0.317 e. The SMILES string of the molecule is CC#Cc1cc(C)c(-c2c(OC(=O)C(C)(C)C)n3n(c2=O)CCOCC3)c(C)c1. The molecule has 29 heavy (non-hydrogen) atoms. The van der Waals surface area contributed by atoms with Gasteiger partial charge in [0.15, 0.2) is 0 Å². The molecule has 0 amide bonds. The van der Waals surface area contributed by atoms with Crippen LogP contribution >= 0.6 is 0 Å². The molecule has 0 unspecified atom stereocenters. The van der Waals surface area contributed by atoms with Crippen molar-refractivity contribution in [2.45, 2.75) is 54.6 Å². The minimum atomic E-state index is -0.693. The number of nitrogens with zero attached hydrogens (tertiary/aromatic N) is 2. The molecule has 0 atom stereocenters. The number of hydrogen-bond acceptors (Lipinski definition) is 4. The molecular formula is C23H28N2O4. The lowest BCUT2D eigenvalue weighted by atomic mass is 9.94. The third kappa shape index (κ3) is 4.01. The van der Waals surface area contributed by atoms with Gasteiger partial charge in [-0.1, -0.05) is 5.92 Å². The molecule has 0 radical (unpaired) electrons. The van der Waals surface area contributed by atoms with Crippen LogP contribution in [-0.4, -0.2) is 28.5 Å². The van der Waals surface area contributed by atoms with Gasteiger partial charge in [-0.2, -0.15) is 0 Å². The molecule has 0 bridgehead atoms. The highest BCUT2D eigenvalue weighted by molar-refractivity contribution is 5.82. The highest BCUT2D eigenvalue weighted by Crippen LogP contribution is 2.35. The molecule has 0 spiro atoms. The van der Waals surface area contributed by atoms with E-state index in [2.05, 4.69) is 11.8 Å². The van der Waals surface area contributed by atoms with Crippen LogP contribution in [0.2, 0.25) is 0 Å². The summed E-state index contributed by atoms with van der Waals surface area (Å²) >= 11 is 0. The Balaban J connectivity index is 2.27. The van der Waals surface area contributed by atoms with Crippen molar-refractivity contribution >= 4 is 5.97 Å². The fourth-order valence-electron chi connectivity index (χ4n) is 3.55. The molecule has 1 aliphatic rings. The number of rotatable bonds is 2. The molecule has 0 aliphatic carbocycles. The van der Waals surface area contributed by atoms with E-state index in [0.29, 0.717) is 37.7 Å². The Morgan fingerprint density at radius 2 is 1.66 bits per heavy atom. The van der Waals surface area contributed by atoms with E-state index in [4.69, 9.17) is 9.47 Å². The molecule has 2 aromatic rings. The summed E-state index contributed by atoms with van der Waals surface area (Å²) in [5.41, 5.74) is 3.09. The predicted molar refractivity (Wildman–Crippen MR) is 112 cm³/mol. The van der Waals surface area contributed by atoms with Crippen molar-refractivity contribution in [2.75, 3.05) is 13.2 Å². The Bertz CT molecular complexity index is 1050. The van der Waals surface area contributed by atoms with Gasteiger partial charge in [-0.05, 0) is 70.4 Å². The Hall–Kier alpha value is -2.78. The van der Waals surface area contributed by atoms with E-state index in [1.54, 1.807) is 37.1 Å². The summed E-state index contributed by atoms with van der Waals surface area (Å²) < 4.78 is 14.7. The van der Waals surface area contributed by atoms with E-state index in [9.17, 15) is 9.59 Å². The van der Waals surface area contributed by atoms with Crippen molar-refractivity contribution in [1.29, 1.82) is 0 Å². The van der Waals surface area contributed by atoms with Gasteiger partial charge in [-0.25, -0.2) is 9.36 Å². The summed E-state index contributed by atoms with van der Waals surface area (Å²) in [5.74, 6) is 5.88. The summed E-state index contributed by atoms with van der Waals surface area (Å²) in [7, 11) is 0. The zero-order valence-electron chi connectivity index (χ0n) is 18.0. The van der Waals surface area contributed by atoms with Crippen LogP contribution in [0.1, 0.15) is 44.4 Å². The van der Waals surface area contributed by atoms with Crippen molar-refractivity contribution in [3.05, 3.63) is 39.2 Å². The number of carbonyl (C=O) groups is 1. The molecular weight excluding hydrogens is 368 g/mol. The number of esters is 1. The van der Waals surface area contributed by atoms with Gasteiger partial charge in [0.25, 0.3) is 5.56 Å². The number of aryl methyl sites for hydroxylation is 2. The number of hydrogen-bond donors (Lipinski definition) is 0. The Kier molecular flexibility index (Phi) is 5.72. The van der Waals surface area contributed by atoms with E-state index < -0.39 is 5.41 Å². The summed E-state index contributed by atoms with van der Waals surface area (Å²) in [6.07, 6.45) is 0. The molecule has 1 aromatic carbocycles. The largest absolute Gasteiger partial charge is 0.407 e. The fraction of sp³-hybridized carbons (Fsp3) is 0.478. The normalized spacial score (nSPS) is 13.9. The molecule has 1 aliphatic heterocycles. The monoisotopic (exact) mass is 396 g/mol. The second-order valence-corrected chi connectivity index (χ2v) is 8.34. The highest BCUT2D eigenvalue weighted by Gasteiger charge is 2.31. The van der Waals surface area contributed by atoms with Crippen LogP contribution in [0.15, 0.2) is 16.9 Å². The van der Waals surface area contributed by atoms with Crippen LogP contribution < -0.4 is 10.3 Å². The lowest BCUT2D eigenvalue weighted by Crippen LogP contribution is -2.27. The summed E-state index contributed by atoms with van der Waals surface area (Å²) in [4.78, 5) is 26.1. The van der Waals surface area contributed by atoms with Crippen LogP contribution in [-0.2, 0) is 22.6 Å². The van der Waals surface area contributed by atoms with Gasteiger partial charge in [0, 0.05) is 5.56 Å². The predicted octanol–water partition coefficient (Wildman–Crippen LogP) is 3.29. The second kappa shape index (κ2) is 7.92. The van der Waals surface area contributed by atoms with Crippen LogP contribution in [0.25, 0.3) is 11.1 Å². The first-order valence-corrected chi connectivity index (χ1v) is 9.83. The number of ether oxygens (including phenoxy) is 2. The topological polar surface area (TPSA) is 62.5 Å². The van der Waals surface area contributed by atoms with E-state index in [1.165, 1.54) is 0 Å². The van der Waals surface area contributed by atoms with Crippen LogP contribution in [0.3, 0.4) is 0 Å². The lowest BCUT2D eigenvalue weighted by Gasteiger charge is -2.19. The Labute approximate surface area is 171 Å². The number of aromatic nitrogens is 2. The first-order valence-electron chi connectivity index (χ1n) is 9.83. The summed E-state index contributed by atoms with van der Waals surface area (Å²) in [6, 6.07) is 3.93. The molecule has 0 saturated heterocycles. The van der Waals surface area contributed by atoms with Crippen LogP contribution in [0, 0.1) is 31.1 Å².